The fourth-order valence-electron chi connectivity index (χ4n) is 2.22. The summed E-state index contributed by atoms with van der Waals surface area (Å²) in [4.78, 5) is 41.9. The molecule has 8 heteroatoms. The van der Waals surface area contributed by atoms with Crippen LogP contribution in [0.15, 0.2) is 46.2 Å². The normalized spacial score (nSPS) is 10.2. The van der Waals surface area contributed by atoms with Crippen LogP contribution in [0, 0.1) is 6.92 Å². The van der Waals surface area contributed by atoms with Crippen molar-refractivity contribution in [2.24, 2.45) is 0 Å². The summed E-state index contributed by atoms with van der Waals surface area (Å²) in [6, 6.07) is 10.5. The van der Waals surface area contributed by atoms with Gasteiger partial charge in [-0.2, -0.15) is 9.59 Å². The number of hydrogen-bond donors (Lipinski definition) is 1. The summed E-state index contributed by atoms with van der Waals surface area (Å²) in [5.74, 6) is -0.831. The van der Waals surface area contributed by atoms with Crippen LogP contribution in [-0.2, 0) is 19.1 Å². The molecule has 0 radical (unpaired) electrons. The van der Waals surface area contributed by atoms with Gasteiger partial charge >= 0.3 is 18.1 Å². The molecule has 0 aliphatic rings. The number of esters is 2. The van der Waals surface area contributed by atoms with Crippen molar-refractivity contribution in [2.75, 3.05) is 12.8 Å². The number of aryl methyl sites for hydroxylation is 1. The highest BCUT2D eigenvalue weighted by Gasteiger charge is 2.19. The van der Waals surface area contributed by atoms with Crippen LogP contribution < -0.4 is 5.73 Å². The molecule has 154 valence electrons. The molecule has 2 N–H and O–H groups in total. The van der Waals surface area contributed by atoms with Crippen LogP contribution in [0.3, 0.4) is 0 Å². The highest BCUT2D eigenvalue weighted by Crippen LogP contribution is 2.35. The summed E-state index contributed by atoms with van der Waals surface area (Å²) in [7, 11) is 1.35. The van der Waals surface area contributed by atoms with Crippen molar-refractivity contribution >= 4 is 35.5 Å². The summed E-state index contributed by atoms with van der Waals surface area (Å²) < 4.78 is 10.2. The first kappa shape index (κ1) is 23.9. The topological polar surface area (TPSA) is 113 Å². The largest absolute Gasteiger partial charge is 0.465 e. The average molecular weight is 417 g/mol. The number of carbonyl (C=O) groups excluding carboxylic acids is 4. The van der Waals surface area contributed by atoms with Crippen LogP contribution in [0.1, 0.15) is 47.1 Å². The second-order valence-electron chi connectivity index (χ2n) is 6.93. The molecule has 0 atom stereocenters. The Balaban J connectivity index is 0.00000132. The number of carbonyl (C=O) groups is 2. The van der Waals surface area contributed by atoms with Crippen molar-refractivity contribution in [1.29, 1.82) is 0 Å². The van der Waals surface area contributed by atoms with E-state index >= 15 is 0 Å². The molecule has 2 aromatic rings. The minimum atomic E-state index is -0.573. The van der Waals surface area contributed by atoms with Gasteiger partial charge in [0.15, 0.2) is 0 Å². The van der Waals surface area contributed by atoms with Gasteiger partial charge in [0.25, 0.3) is 0 Å². The van der Waals surface area contributed by atoms with E-state index in [1.54, 1.807) is 24.3 Å². The molecule has 0 saturated heterocycles. The molecule has 0 heterocycles. The van der Waals surface area contributed by atoms with Gasteiger partial charge in [-0.15, -0.1) is 0 Å². The molecule has 0 aliphatic carbocycles. The fourth-order valence-corrected chi connectivity index (χ4v) is 3.27. The van der Waals surface area contributed by atoms with Crippen LogP contribution in [0.25, 0.3) is 0 Å². The summed E-state index contributed by atoms with van der Waals surface area (Å²) in [6.45, 7) is 7.37. The summed E-state index contributed by atoms with van der Waals surface area (Å²) in [6.07, 6.45) is 0.250. The smallest absolute Gasteiger partial charge is 0.373 e. The zero-order chi connectivity index (χ0) is 22.2. The third kappa shape index (κ3) is 7.44. The minimum Gasteiger partial charge on any atom is -0.465 e. The van der Waals surface area contributed by atoms with Crippen LogP contribution in [0.4, 0.5) is 5.69 Å². The Kier molecular flexibility index (Phi) is 8.63. The molecule has 2 aromatic carbocycles. The van der Waals surface area contributed by atoms with E-state index in [0.29, 0.717) is 16.8 Å². The van der Waals surface area contributed by atoms with Crippen LogP contribution in [0.5, 0.6) is 0 Å². The Morgan fingerprint density at radius 2 is 1.62 bits per heavy atom. The second-order valence-corrected chi connectivity index (χ2v) is 8.01. The summed E-state index contributed by atoms with van der Waals surface area (Å²) in [5.41, 5.74) is 7.87. The fraction of sp³-hybridized carbons (Fsp3) is 0.286. The third-order valence-electron chi connectivity index (χ3n) is 3.41. The first-order chi connectivity index (χ1) is 13.5. The van der Waals surface area contributed by atoms with Gasteiger partial charge in [0.1, 0.15) is 5.60 Å². The predicted octanol–water partition coefficient (Wildman–Crippen LogP) is 3.89. The SMILES string of the molecule is COC(=O)c1ccc(C)cc1Sc1ccc(C(=O)OC(C)(C)C)cc1N.O=C=O. The van der Waals surface area contributed by atoms with Gasteiger partial charge in [-0.25, -0.2) is 9.59 Å². The lowest BCUT2D eigenvalue weighted by molar-refractivity contribution is -0.191. The maximum absolute atomic E-state index is 12.2. The molecule has 29 heavy (non-hydrogen) atoms. The standard InChI is InChI=1S/C20H23NO4S.CO2/c1-12-6-8-14(19(23)24-5)17(10-12)26-16-9-7-13(11-15(16)21)18(22)25-20(2,3)4;2-1-3/h6-11H,21H2,1-5H3;. The van der Waals surface area contributed by atoms with Gasteiger partial charge < -0.3 is 15.2 Å². The van der Waals surface area contributed by atoms with E-state index in [-0.39, 0.29) is 6.15 Å². The lowest BCUT2D eigenvalue weighted by atomic mass is 10.1. The van der Waals surface area contributed by atoms with E-state index in [4.69, 9.17) is 24.8 Å². The molecular formula is C21H23NO6S. The van der Waals surface area contributed by atoms with Crippen LogP contribution in [-0.4, -0.2) is 30.8 Å². The molecule has 0 spiro atoms. The van der Waals surface area contributed by atoms with E-state index in [2.05, 4.69) is 0 Å². The maximum atomic E-state index is 12.2. The number of nitrogen functional groups attached to an aromatic ring is 1. The van der Waals surface area contributed by atoms with Crippen molar-refractivity contribution in [3.63, 3.8) is 0 Å². The van der Waals surface area contributed by atoms with Gasteiger partial charge in [0, 0.05) is 15.5 Å². The van der Waals surface area contributed by atoms with Gasteiger partial charge in [0.2, 0.25) is 0 Å². The molecule has 0 fully saturated rings. The Bertz CT molecular complexity index is 927. The van der Waals surface area contributed by atoms with E-state index in [9.17, 15) is 9.59 Å². The molecule has 0 unspecified atom stereocenters. The Hall–Kier alpha value is -3.09. The molecule has 7 nitrogen and oxygen atoms in total. The minimum absolute atomic E-state index is 0.250. The monoisotopic (exact) mass is 417 g/mol. The predicted molar refractivity (Wildman–Crippen MR) is 108 cm³/mol. The number of hydrogen-bond acceptors (Lipinski definition) is 8. The Morgan fingerprint density at radius 3 is 2.14 bits per heavy atom. The highest BCUT2D eigenvalue weighted by atomic mass is 32.2. The summed E-state index contributed by atoms with van der Waals surface area (Å²) >= 11 is 1.35. The number of nitrogens with two attached hydrogens (primary N) is 1. The van der Waals surface area contributed by atoms with Crippen molar-refractivity contribution < 1.29 is 28.7 Å². The number of benzene rings is 2. The van der Waals surface area contributed by atoms with Crippen LogP contribution >= 0.6 is 11.8 Å². The van der Waals surface area contributed by atoms with Gasteiger partial charge in [-0.3, -0.25) is 0 Å². The second kappa shape index (κ2) is 10.5. The van der Waals surface area contributed by atoms with E-state index < -0.39 is 17.5 Å². The van der Waals surface area contributed by atoms with E-state index in [0.717, 1.165) is 15.4 Å². The molecule has 2 rings (SSSR count). The zero-order valence-corrected chi connectivity index (χ0v) is 17.7. The first-order valence-electron chi connectivity index (χ1n) is 8.51. The third-order valence-corrected chi connectivity index (χ3v) is 4.56. The molecule has 0 aliphatic heterocycles. The van der Waals surface area contributed by atoms with Crippen molar-refractivity contribution in [3.8, 4) is 0 Å². The number of ether oxygens (including phenoxy) is 2. The lowest BCUT2D eigenvalue weighted by Crippen LogP contribution is -2.23. The van der Waals surface area contributed by atoms with Gasteiger partial charge in [0.05, 0.1) is 18.2 Å². The molecule has 0 amide bonds. The highest BCUT2D eigenvalue weighted by molar-refractivity contribution is 7.99. The molecule has 0 saturated carbocycles. The number of anilines is 1. The van der Waals surface area contributed by atoms with Crippen LogP contribution in [0.2, 0.25) is 0 Å². The van der Waals surface area contributed by atoms with E-state index in [1.807, 2.05) is 39.8 Å². The molecule has 0 bridgehead atoms. The molecule has 0 aromatic heterocycles. The van der Waals surface area contributed by atoms with Gasteiger partial charge in [-0.1, -0.05) is 17.8 Å². The Morgan fingerprint density at radius 1 is 1.00 bits per heavy atom. The van der Waals surface area contributed by atoms with Gasteiger partial charge in [-0.05, 0) is 63.6 Å². The number of rotatable bonds is 4. The summed E-state index contributed by atoms with van der Waals surface area (Å²) in [5, 5.41) is 0. The lowest BCUT2D eigenvalue weighted by Gasteiger charge is -2.19. The van der Waals surface area contributed by atoms with Crippen molar-refractivity contribution in [1.82, 2.24) is 0 Å². The maximum Gasteiger partial charge on any atom is 0.373 e. The Labute approximate surface area is 173 Å². The molecular weight excluding hydrogens is 394 g/mol. The van der Waals surface area contributed by atoms with Crippen molar-refractivity contribution in [2.45, 2.75) is 43.1 Å². The first-order valence-corrected chi connectivity index (χ1v) is 9.33. The average Bonchev–Trinajstić information content (AvgIpc) is 2.62. The quantitative estimate of drug-likeness (QED) is 0.589. The number of methoxy groups -OCH3 is 1. The zero-order valence-electron chi connectivity index (χ0n) is 16.9. The van der Waals surface area contributed by atoms with Crippen molar-refractivity contribution in [3.05, 3.63) is 53.1 Å². The van der Waals surface area contributed by atoms with E-state index in [1.165, 1.54) is 18.9 Å².